The molecule has 1 heterocycles. The number of rotatable bonds is 9. The highest BCUT2D eigenvalue weighted by molar-refractivity contribution is 7.93. The van der Waals surface area contributed by atoms with E-state index in [0.29, 0.717) is 30.8 Å². The molecule has 28 heavy (non-hydrogen) atoms. The molecule has 5 nitrogen and oxygen atoms in total. The molecular weight excluding hydrogens is 399 g/mol. The number of halogens is 1. The third kappa shape index (κ3) is 4.89. The fourth-order valence-corrected chi connectivity index (χ4v) is 4.27. The summed E-state index contributed by atoms with van der Waals surface area (Å²) in [5.41, 5.74) is 2.16. The number of hydrogen-bond acceptors (Lipinski definition) is 6. The van der Waals surface area contributed by atoms with Crippen molar-refractivity contribution >= 4 is 28.1 Å². The van der Waals surface area contributed by atoms with E-state index in [1.54, 1.807) is 26.0 Å². The minimum atomic E-state index is -2.98. The average Bonchev–Trinajstić information content (AvgIpc) is 3.08. The third-order valence-corrected chi connectivity index (χ3v) is 7.48. The summed E-state index contributed by atoms with van der Waals surface area (Å²) >= 11 is 4.15. The smallest absolute Gasteiger partial charge is 0.136 e. The van der Waals surface area contributed by atoms with Gasteiger partial charge in [-0.1, -0.05) is 42.9 Å². The zero-order chi connectivity index (χ0) is 21.1. The second-order valence-electron chi connectivity index (χ2n) is 7.37. The number of alkyl halides is 1. The monoisotopic (exact) mass is 428 g/mol. The second-order valence-corrected chi connectivity index (χ2v) is 10.8. The molecule has 0 bridgehead atoms. The summed E-state index contributed by atoms with van der Waals surface area (Å²) in [7, 11) is -2.98. The van der Waals surface area contributed by atoms with Crippen molar-refractivity contribution in [3.8, 4) is 0 Å². The van der Waals surface area contributed by atoms with Crippen LogP contribution in [0.4, 0.5) is 4.39 Å². The van der Waals surface area contributed by atoms with Crippen LogP contribution in [0.15, 0.2) is 41.8 Å². The predicted molar refractivity (Wildman–Crippen MR) is 115 cm³/mol. The number of ether oxygens (including phenoxy) is 1. The Bertz CT molecular complexity index is 838. The fourth-order valence-electron chi connectivity index (χ4n) is 3.10. The van der Waals surface area contributed by atoms with E-state index in [4.69, 9.17) is 14.4 Å². The molecule has 1 aromatic rings. The lowest BCUT2D eigenvalue weighted by atomic mass is 9.95. The van der Waals surface area contributed by atoms with E-state index < -0.39 is 20.6 Å². The van der Waals surface area contributed by atoms with Crippen molar-refractivity contribution < 1.29 is 18.2 Å². The van der Waals surface area contributed by atoms with Gasteiger partial charge in [0, 0.05) is 24.3 Å². The van der Waals surface area contributed by atoms with Crippen molar-refractivity contribution in [1.29, 1.82) is 4.78 Å². The van der Waals surface area contributed by atoms with Crippen LogP contribution in [-0.2, 0) is 19.3 Å². The first-order chi connectivity index (χ1) is 13.0. The maximum atomic E-state index is 14.1. The van der Waals surface area contributed by atoms with Crippen molar-refractivity contribution in [2.75, 3.05) is 12.9 Å². The molecule has 0 aliphatic carbocycles. The van der Waals surface area contributed by atoms with Gasteiger partial charge in [0.05, 0.1) is 22.0 Å². The molecule has 0 spiro atoms. The lowest BCUT2D eigenvalue weighted by molar-refractivity contribution is 0.0670. The topological polar surface area (TPSA) is 71.7 Å². The van der Waals surface area contributed by atoms with Gasteiger partial charge in [-0.05, 0) is 25.0 Å². The summed E-state index contributed by atoms with van der Waals surface area (Å²) in [4.78, 5) is 5.55. The molecule has 1 aliphatic heterocycles. The van der Waals surface area contributed by atoms with Crippen molar-refractivity contribution in [1.82, 2.24) is 0 Å². The summed E-state index contributed by atoms with van der Waals surface area (Å²) in [5.74, 6) is 0.328. The fraction of sp³-hybridized carbons (Fsp3) is 0.550. The Kier molecular flexibility index (Phi) is 7.20. The Balaban J connectivity index is 2.11. The van der Waals surface area contributed by atoms with E-state index in [0.717, 1.165) is 11.3 Å². The molecule has 0 amide bonds. The van der Waals surface area contributed by atoms with Crippen molar-refractivity contribution in [3.05, 3.63) is 47.7 Å². The molecule has 2 rings (SSSR count). The SMILES string of the molecule is C=C(OCC)C(C)(C[C@H]1CC(c2ccc(C(F)[C@@H](C)S)cc2)=NO1)S(C)(=N)=O. The normalized spacial score (nSPS) is 22.9. The van der Waals surface area contributed by atoms with Crippen LogP contribution in [0.3, 0.4) is 0 Å². The molecule has 0 saturated heterocycles. The van der Waals surface area contributed by atoms with Gasteiger partial charge in [-0.15, -0.1) is 0 Å². The Morgan fingerprint density at radius 1 is 1.54 bits per heavy atom. The first-order valence-corrected chi connectivity index (χ1v) is 11.7. The molecule has 0 radical (unpaired) electrons. The zero-order valence-corrected chi connectivity index (χ0v) is 18.5. The lowest BCUT2D eigenvalue weighted by Crippen LogP contribution is -2.40. The van der Waals surface area contributed by atoms with Gasteiger partial charge < -0.3 is 9.57 Å². The van der Waals surface area contributed by atoms with E-state index >= 15 is 0 Å². The van der Waals surface area contributed by atoms with Crippen LogP contribution >= 0.6 is 12.6 Å². The minimum Gasteiger partial charge on any atom is -0.497 e. The molecule has 156 valence electrons. The van der Waals surface area contributed by atoms with Crippen LogP contribution in [-0.4, -0.2) is 38.9 Å². The summed E-state index contributed by atoms with van der Waals surface area (Å²) in [5, 5.41) is 3.77. The van der Waals surface area contributed by atoms with Gasteiger partial charge in [0.25, 0.3) is 0 Å². The number of thiol groups is 1. The summed E-state index contributed by atoms with van der Waals surface area (Å²) in [6, 6.07) is 7.08. The van der Waals surface area contributed by atoms with Crippen LogP contribution in [0.5, 0.6) is 0 Å². The van der Waals surface area contributed by atoms with E-state index in [1.165, 1.54) is 6.26 Å². The van der Waals surface area contributed by atoms with Crippen molar-refractivity contribution in [2.24, 2.45) is 5.16 Å². The number of hydrogen-bond donors (Lipinski definition) is 2. The second kappa shape index (κ2) is 8.86. The maximum Gasteiger partial charge on any atom is 0.136 e. The Morgan fingerprint density at radius 2 is 2.14 bits per heavy atom. The van der Waals surface area contributed by atoms with Crippen molar-refractivity contribution in [3.63, 3.8) is 0 Å². The van der Waals surface area contributed by atoms with Gasteiger partial charge in [0.1, 0.15) is 22.8 Å². The maximum absolute atomic E-state index is 14.1. The average molecular weight is 429 g/mol. The number of benzene rings is 1. The molecule has 5 atom stereocenters. The van der Waals surface area contributed by atoms with Gasteiger partial charge in [-0.25, -0.2) is 8.60 Å². The molecule has 8 heteroatoms. The first kappa shape index (κ1) is 22.7. The Labute approximate surface area is 172 Å². The van der Waals surface area contributed by atoms with Crippen LogP contribution in [0.2, 0.25) is 0 Å². The molecule has 0 fully saturated rings. The largest absolute Gasteiger partial charge is 0.497 e. The van der Waals surface area contributed by atoms with Crippen LogP contribution in [0.25, 0.3) is 0 Å². The third-order valence-electron chi connectivity index (χ3n) is 5.10. The van der Waals surface area contributed by atoms with Gasteiger partial charge in [0.15, 0.2) is 0 Å². The highest BCUT2D eigenvalue weighted by atomic mass is 32.2. The van der Waals surface area contributed by atoms with E-state index in [2.05, 4.69) is 24.4 Å². The Morgan fingerprint density at radius 3 is 2.64 bits per heavy atom. The van der Waals surface area contributed by atoms with Crippen molar-refractivity contribution in [2.45, 2.75) is 55.9 Å². The molecule has 3 unspecified atom stereocenters. The standard InChI is InChI=1S/C20H29FN2O3S2/c1-6-25-14(3)20(4,28(5,22)24)12-17-11-18(23-26-17)15-7-9-16(10-8-15)19(21)13(2)27/h7-10,13,17,19,22,27H,3,6,11-12H2,1-2,4-5H3/t13-,17-,19?,20?,28?/m1/s1. The lowest BCUT2D eigenvalue weighted by Gasteiger charge is -2.32. The van der Waals surface area contributed by atoms with Crippen LogP contribution in [0.1, 0.15) is 50.9 Å². The van der Waals surface area contributed by atoms with E-state index in [9.17, 15) is 8.60 Å². The number of oxime groups is 1. The molecular formula is C20H29FN2O3S2. The summed E-state index contributed by atoms with van der Waals surface area (Å²) < 4.78 is 39.2. The minimum absolute atomic E-state index is 0.305. The molecule has 1 aliphatic rings. The van der Waals surface area contributed by atoms with Crippen LogP contribution < -0.4 is 0 Å². The number of nitrogens with zero attached hydrogens (tertiary/aromatic N) is 1. The van der Waals surface area contributed by atoms with Gasteiger partial charge in [0.2, 0.25) is 0 Å². The van der Waals surface area contributed by atoms with E-state index in [-0.39, 0.29) is 11.4 Å². The highest BCUT2D eigenvalue weighted by Gasteiger charge is 2.42. The quantitative estimate of drug-likeness (QED) is 0.435. The van der Waals surface area contributed by atoms with Gasteiger partial charge in [-0.2, -0.15) is 12.6 Å². The Hall–Kier alpha value is -1.54. The molecule has 1 aromatic carbocycles. The zero-order valence-electron chi connectivity index (χ0n) is 16.8. The van der Waals surface area contributed by atoms with Gasteiger partial charge in [-0.3, -0.25) is 4.78 Å². The highest BCUT2D eigenvalue weighted by Crippen LogP contribution is 2.35. The van der Waals surface area contributed by atoms with Gasteiger partial charge >= 0.3 is 0 Å². The summed E-state index contributed by atoms with van der Waals surface area (Å²) in [6.07, 6.45) is 0.731. The predicted octanol–water partition coefficient (Wildman–Crippen LogP) is 4.88. The molecule has 0 saturated carbocycles. The molecule has 0 aromatic heterocycles. The first-order valence-electron chi connectivity index (χ1n) is 9.20. The summed E-state index contributed by atoms with van der Waals surface area (Å²) in [6.45, 7) is 9.53. The van der Waals surface area contributed by atoms with Crippen LogP contribution in [0, 0.1) is 4.78 Å². The molecule has 1 N–H and O–H groups in total. The van der Waals surface area contributed by atoms with E-state index in [1.807, 2.05) is 19.1 Å². The number of nitrogens with one attached hydrogen (secondary N) is 1.